The predicted molar refractivity (Wildman–Crippen MR) is 108 cm³/mol. The first kappa shape index (κ1) is 18.2. The molecule has 142 valence electrons. The minimum Gasteiger partial charge on any atom is -0.422 e. The molecule has 0 N–H and O–H groups in total. The van der Waals surface area contributed by atoms with Crippen molar-refractivity contribution in [2.75, 3.05) is 6.54 Å². The highest BCUT2D eigenvalue weighted by Crippen LogP contribution is 2.27. The molecule has 4 rings (SSSR count). The van der Waals surface area contributed by atoms with Crippen molar-refractivity contribution in [2.24, 2.45) is 4.99 Å². The molecule has 0 saturated carbocycles. The quantitative estimate of drug-likeness (QED) is 0.455. The van der Waals surface area contributed by atoms with Crippen LogP contribution in [-0.2, 0) is 4.79 Å². The summed E-state index contributed by atoms with van der Waals surface area (Å²) in [6, 6.07) is 14.5. The highest BCUT2D eigenvalue weighted by molar-refractivity contribution is 6.14. The lowest BCUT2D eigenvalue weighted by Crippen LogP contribution is -2.31. The van der Waals surface area contributed by atoms with Gasteiger partial charge in [0.1, 0.15) is 17.3 Å². The van der Waals surface area contributed by atoms with Gasteiger partial charge in [-0.3, -0.25) is 9.69 Å². The first-order valence-electron chi connectivity index (χ1n) is 9.61. The van der Waals surface area contributed by atoms with Crippen LogP contribution in [0.2, 0.25) is 0 Å². The van der Waals surface area contributed by atoms with Crippen LogP contribution in [0, 0.1) is 6.92 Å². The Kier molecular flexibility index (Phi) is 5.06. The smallest absolute Gasteiger partial charge is 0.343 e. The number of rotatable bonds is 3. The molecule has 1 saturated heterocycles. The maximum atomic E-state index is 12.7. The number of hydrogen-bond donors (Lipinski definition) is 0. The molecule has 2 aliphatic heterocycles. The van der Waals surface area contributed by atoms with Gasteiger partial charge in [0.15, 0.2) is 0 Å². The fourth-order valence-electron chi connectivity index (χ4n) is 3.54. The minimum atomic E-state index is -0.415. The Morgan fingerprint density at radius 3 is 2.71 bits per heavy atom. The number of para-hydroxylation sites is 1. The second kappa shape index (κ2) is 7.80. The van der Waals surface area contributed by atoms with E-state index in [4.69, 9.17) is 4.74 Å². The van der Waals surface area contributed by atoms with Crippen LogP contribution in [0.5, 0.6) is 5.75 Å². The third kappa shape index (κ3) is 3.60. The summed E-state index contributed by atoms with van der Waals surface area (Å²) >= 11 is 0. The number of aliphatic imine (C=N–C) groups is 1. The van der Waals surface area contributed by atoms with Gasteiger partial charge >= 0.3 is 5.97 Å². The molecule has 28 heavy (non-hydrogen) atoms. The van der Waals surface area contributed by atoms with Crippen LogP contribution >= 0.6 is 0 Å². The molecule has 0 radical (unpaired) electrons. The Balaban J connectivity index is 1.62. The molecule has 5 heteroatoms. The molecule has 1 fully saturated rings. The van der Waals surface area contributed by atoms with Gasteiger partial charge in [-0.05, 0) is 43.5 Å². The van der Waals surface area contributed by atoms with Gasteiger partial charge in [0.05, 0.1) is 5.56 Å². The van der Waals surface area contributed by atoms with Crippen molar-refractivity contribution in [3.63, 3.8) is 0 Å². The zero-order valence-corrected chi connectivity index (χ0v) is 15.9. The SMILES string of the molecule is Cc1ccccc1C(=O)Oc1ccccc1C=C1N=C2CCCCCN2C1=O. The lowest BCUT2D eigenvalue weighted by Gasteiger charge is -2.14. The molecule has 0 unspecified atom stereocenters. The zero-order chi connectivity index (χ0) is 19.5. The molecule has 0 aromatic heterocycles. The number of amides is 1. The van der Waals surface area contributed by atoms with Crippen LogP contribution in [0.3, 0.4) is 0 Å². The Hall–Kier alpha value is -3.21. The van der Waals surface area contributed by atoms with Gasteiger partial charge in [-0.15, -0.1) is 0 Å². The van der Waals surface area contributed by atoms with Crippen molar-refractivity contribution in [1.29, 1.82) is 0 Å². The van der Waals surface area contributed by atoms with Gasteiger partial charge in [0.2, 0.25) is 0 Å². The third-order valence-electron chi connectivity index (χ3n) is 5.09. The average molecular weight is 374 g/mol. The fourth-order valence-corrected chi connectivity index (χ4v) is 3.54. The molecule has 1 amide bonds. The van der Waals surface area contributed by atoms with Crippen LogP contribution in [-0.4, -0.2) is 29.2 Å². The summed E-state index contributed by atoms with van der Waals surface area (Å²) in [4.78, 5) is 31.6. The molecule has 5 nitrogen and oxygen atoms in total. The molecular formula is C23H22N2O3. The van der Waals surface area contributed by atoms with Gasteiger partial charge in [0, 0.05) is 18.5 Å². The fraction of sp³-hybridized carbons (Fsp3) is 0.261. The molecule has 2 aromatic rings. The van der Waals surface area contributed by atoms with Crippen LogP contribution in [0.25, 0.3) is 6.08 Å². The van der Waals surface area contributed by atoms with Crippen molar-refractivity contribution in [3.8, 4) is 5.75 Å². The molecule has 0 aliphatic carbocycles. The summed E-state index contributed by atoms with van der Waals surface area (Å²) in [5.41, 5.74) is 2.44. The number of carbonyl (C=O) groups is 2. The van der Waals surface area contributed by atoms with Gasteiger partial charge in [-0.1, -0.05) is 42.8 Å². The van der Waals surface area contributed by atoms with E-state index in [-0.39, 0.29) is 5.91 Å². The van der Waals surface area contributed by atoms with Crippen molar-refractivity contribution in [1.82, 2.24) is 4.90 Å². The van der Waals surface area contributed by atoms with Crippen molar-refractivity contribution < 1.29 is 14.3 Å². The number of aryl methyl sites for hydroxylation is 1. The number of carbonyl (C=O) groups excluding carboxylic acids is 2. The number of ether oxygens (including phenoxy) is 1. The molecule has 0 spiro atoms. The van der Waals surface area contributed by atoms with E-state index in [9.17, 15) is 9.59 Å². The number of hydrogen-bond acceptors (Lipinski definition) is 4. The molecule has 2 aromatic carbocycles. The Bertz CT molecular complexity index is 991. The number of amidine groups is 1. The largest absolute Gasteiger partial charge is 0.422 e. The average Bonchev–Trinajstić information content (AvgIpc) is 2.85. The number of nitrogens with zero attached hydrogens (tertiary/aromatic N) is 2. The van der Waals surface area contributed by atoms with Gasteiger partial charge < -0.3 is 4.74 Å². The van der Waals surface area contributed by atoms with E-state index in [1.807, 2.05) is 37.3 Å². The first-order valence-corrected chi connectivity index (χ1v) is 9.61. The van der Waals surface area contributed by atoms with E-state index < -0.39 is 5.97 Å². The van der Waals surface area contributed by atoms with Crippen molar-refractivity contribution in [3.05, 3.63) is 70.9 Å². The van der Waals surface area contributed by atoms with E-state index in [2.05, 4.69) is 4.99 Å². The summed E-state index contributed by atoms with van der Waals surface area (Å²) in [5.74, 6) is 0.778. The standard InChI is InChI=1S/C23H22N2O3/c1-16-9-4-6-11-18(16)23(27)28-20-12-7-5-10-17(20)15-19-22(26)25-14-8-2-3-13-21(25)24-19/h4-7,9-12,15H,2-3,8,13-14H2,1H3. The second-order valence-electron chi connectivity index (χ2n) is 7.07. The number of fused-ring (bicyclic) bond motifs is 1. The molecule has 2 aliphatic rings. The second-order valence-corrected chi connectivity index (χ2v) is 7.07. The van der Waals surface area contributed by atoms with Gasteiger partial charge in [0.25, 0.3) is 5.91 Å². The summed E-state index contributed by atoms with van der Waals surface area (Å²) in [5, 5.41) is 0. The van der Waals surface area contributed by atoms with Gasteiger partial charge in [-0.25, -0.2) is 9.79 Å². The van der Waals surface area contributed by atoms with Crippen molar-refractivity contribution in [2.45, 2.75) is 32.6 Å². The lowest BCUT2D eigenvalue weighted by atomic mass is 10.1. The van der Waals surface area contributed by atoms with E-state index in [0.717, 1.165) is 43.6 Å². The molecule has 2 heterocycles. The Labute approximate surface area is 164 Å². The zero-order valence-electron chi connectivity index (χ0n) is 15.9. The molecule has 0 bridgehead atoms. The lowest BCUT2D eigenvalue weighted by molar-refractivity contribution is -0.122. The monoisotopic (exact) mass is 374 g/mol. The molecular weight excluding hydrogens is 352 g/mol. The highest BCUT2D eigenvalue weighted by atomic mass is 16.5. The first-order chi connectivity index (χ1) is 13.6. The highest BCUT2D eigenvalue weighted by Gasteiger charge is 2.30. The number of benzene rings is 2. The van der Waals surface area contributed by atoms with Crippen LogP contribution < -0.4 is 4.74 Å². The maximum Gasteiger partial charge on any atom is 0.343 e. The van der Waals surface area contributed by atoms with Crippen LogP contribution in [0.15, 0.2) is 59.2 Å². The normalized spacial score (nSPS) is 17.9. The van der Waals surface area contributed by atoms with Crippen LogP contribution in [0.4, 0.5) is 0 Å². The third-order valence-corrected chi connectivity index (χ3v) is 5.09. The Morgan fingerprint density at radius 2 is 1.86 bits per heavy atom. The van der Waals surface area contributed by atoms with Crippen LogP contribution in [0.1, 0.15) is 47.2 Å². The summed E-state index contributed by atoms with van der Waals surface area (Å²) < 4.78 is 5.64. The molecule has 0 atom stereocenters. The predicted octanol–water partition coefficient (Wildman–Crippen LogP) is 4.37. The van der Waals surface area contributed by atoms with E-state index in [1.54, 1.807) is 29.2 Å². The maximum absolute atomic E-state index is 12.7. The summed E-state index contributed by atoms with van der Waals surface area (Å²) in [6.07, 6.45) is 5.72. The van der Waals surface area contributed by atoms with Gasteiger partial charge in [-0.2, -0.15) is 0 Å². The van der Waals surface area contributed by atoms with E-state index in [1.165, 1.54) is 0 Å². The van der Waals surface area contributed by atoms with E-state index >= 15 is 0 Å². The minimum absolute atomic E-state index is 0.0723. The number of esters is 1. The Morgan fingerprint density at radius 1 is 1.07 bits per heavy atom. The topological polar surface area (TPSA) is 59.0 Å². The van der Waals surface area contributed by atoms with Crippen molar-refractivity contribution >= 4 is 23.8 Å². The summed E-state index contributed by atoms with van der Waals surface area (Å²) in [6.45, 7) is 2.59. The van der Waals surface area contributed by atoms with E-state index in [0.29, 0.717) is 22.6 Å². The summed E-state index contributed by atoms with van der Waals surface area (Å²) in [7, 11) is 0.